The minimum Gasteiger partial charge on any atom is -0.355 e. The maximum absolute atomic E-state index is 11.5. The normalized spacial score (nSPS) is 12.8. The van der Waals surface area contributed by atoms with Gasteiger partial charge in [-0.3, -0.25) is 4.79 Å². The second kappa shape index (κ2) is 8.02. The van der Waals surface area contributed by atoms with Crippen molar-refractivity contribution in [3.05, 3.63) is 35.4 Å². The summed E-state index contributed by atoms with van der Waals surface area (Å²) in [5.74, 6) is 0.541. The maximum Gasteiger partial charge on any atom is 0.251 e. The molecule has 1 rings (SSSR count). The van der Waals surface area contributed by atoms with Crippen LogP contribution in [0.5, 0.6) is 0 Å². The summed E-state index contributed by atoms with van der Waals surface area (Å²) in [5, 5.41) is 6.21. The minimum atomic E-state index is -0.0443. The Morgan fingerprint density at radius 3 is 2.25 bits per heavy atom. The number of hydrogen-bond donors (Lipinski definition) is 2. The van der Waals surface area contributed by atoms with Crippen LogP contribution in [0.4, 0.5) is 0 Å². The van der Waals surface area contributed by atoms with Gasteiger partial charge in [0.05, 0.1) is 0 Å². The predicted octanol–water partition coefficient (Wildman–Crippen LogP) is 1.72. The second-order valence-corrected chi connectivity index (χ2v) is 5.77. The first-order chi connectivity index (χ1) is 9.43. The maximum atomic E-state index is 11.5. The Labute approximate surface area is 122 Å². The van der Waals surface area contributed by atoms with E-state index in [0.29, 0.717) is 17.5 Å². The summed E-state index contributed by atoms with van der Waals surface area (Å²) in [7, 11) is 5.83. The van der Waals surface area contributed by atoms with E-state index in [0.717, 1.165) is 13.1 Å². The van der Waals surface area contributed by atoms with Gasteiger partial charge in [-0.1, -0.05) is 26.0 Å². The summed E-state index contributed by atoms with van der Waals surface area (Å²) < 4.78 is 0. The number of rotatable bonds is 7. The molecule has 1 aromatic rings. The van der Waals surface area contributed by atoms with Crippen LogP contribution in [-0.2, 0) is 6.54 Å². The van der Waals surface area contributed by atoms with Crippen molar-refractivity contribution >= 4 is 5.91 Å². The van der Waals surface area contributed by atoms with E-state index < -0.39 is 0 Å². The second-order valence-electron chi connectivity index (χ2n) is 5.77. The number of carbonyl (C=O) groups is 1. The molecular formula is C16H27N3O. The van der Waals surface area contributed by atoms with Gasteiger partial charge in [-0.2, -0.15) is 0 Å². The number of hydrogen-bond acceptors (Lipinski definition) is 3. The fourth-order valence-corrected chi connectivity index (χ4v) is 2.07. The van der Waals surface area contributed by atoms with E-state index in [9.17, 15) is 4.79 Å². The summed E-state index contributed by atoms with van der Waals surface area (Å²) in [6.45, 7) is 6.31. The van der Waals surface area contributed by atoms with Crippen molar-refractivity contribution in [1.29, 1.82) is 0 Å². The lowest BCUT2D eigenvalue weighted by Crippen LogP contribution is -2.41. The zero-order valence-electron chi connectivity index (χ0n) is 13.2. The van der Waals surface area contributed by atoms with Gasteiger partial charge in [0.2, 0.25) is 0 Å². The number of likely N-dealkylation sites (N-methyl/N-ethyl adjacent to an activating group) is 1. The molecule has 0 saturated carbocycles. The average molecular weight is 277 g/mol. The van der Waals surface area contributed by atoms with E-state index in [-0.39, 0.29) is 5.91 Å². The van der Waals surface area contributed by atoms with E-state index in [1.54, 1.807) is 7.05 Å². The van der Waals surface area contributed by atoms with Gasteiger partial charge in [0.15, 0.2) is 0 Å². The number of benzene rings is 1. The van der Waals surface area contributed by atoms with Crippen LogP contribution in [0.15, 0.2) is 24.3 Å². The van der Waals surface area contributed by atoms with Crippen molar-refractivity contribution in [2.45, 2.75) is 26.4 Å². The SMILES string of the molecule is CNC(=O)c1ccc(CNC(CN(C)C)C(C)C)cc1. The summed E-state index contributed by atoms with van der Waals surface area (Å²) in [5.41, 5.74) is 1.90. The van der Waals surface area contributed by atoms with Crippen LogP contribution < -0.4 is 10.6 Å². The Bertz CT molecular complexity index is 412. The molecule has 0 radical (unpaired) electrons. The van der Waals surface area contributed by atoms with Crippen molar-refractivity contribution in [2.24, 2.45) is 5.92 Å². The monoisotopic (exact) mass is 277 g/mol. The van der Waals surface area contributed by atoms with Crippen LogP contribution in [0.3, 0.4) is 0 Å². The Kier molecular flexibility index (Phi) is 6.68. The molecule has 0 heterocycles. The molecule has 4 nitrogen and oxygen atoms in total. The van der Waals surface area contributed by atoms with Gasteiger partial charge in [0.25, 0.3) is 5.91 Å². The molecule has 0 spiro atoms. The highest BCUT2D eigenvalue weighted by atomic mass is 16.1. The lowest BCUT2D eigenvalue weighted by molar-refractivity contribution is 0.0963. The summed E-state index contributed by atoms with van der Waals surface area (Å²) >= 11 is 0. The summed E-state index contributed by atoms with van der Waals surface area (Å²) in [6, 6.07) is 8.21. The van der Waals surface area contributed by atoms with Crippen LogP contribution in [0.1, 0.15) is 29.8 Å². The third kappa shape index (κ3) is 5.31. The van der Waals surface area contributed by atoms with Crippen LogP contribution in [-0.4, -0.2) is 44.5 Å². The van der Waals surface area contributed by atoms with Gasteiger partial charge < -0.3 is 15.5 Å². The number of amides is 1. The van der Waals surface area contributed by atoms with E-state index in [1.165, 1.54) is 5.56 Å². The van der Waals surface area contributed by atoms with Crippen molar-refractivity contribution in [2.75, 3.05) is 27.7 Å². The van der Waals surface area contributed by atoms with Crippen molar-refractivity contribution in [3.63, 3.8) is 0 Å². The first-order valence-corrected chi connectivity index (χ1v) is 7.13. The highest BCUT2D eigenvalue weighted by molar-refractivity contribution is 5.93. The Morgan fingerprint density at radius 2 is 1.80 bits per heavy atom. The highest BCUT2D eigenvalue weighted by Gasteiger charge is 2.13. The predicted molar refractivity (Wildman–Crippen MR) is 83.9 cm³/mol. The molecular weight excluding hydrogens is 250 g/mol. The largest absolute Gasteiger partial charge is 0.355 e. The molecule has 1 unspecified atom stereocenters. The number of nitrogens with one attached hydrogen (secondary N) is 2. The molecule has 0 bridgehead atoms. The molecule has 0 fully saturated rings. The van der Waals surface area contributed by atoms with Crippen LogP contribution in [0.2, 0.25) is 0 Å². The lowest BCUT2D eigenvalue weighted by Gasteiger charge is -2.25. The fourth-order valence-electron chi connectivity index (χ4n) is 2.07. The topological polar surface area (TPSA) is 44.4 Å². The Balaban J connectivity index is 2.57. The summed E-state index contributed by atoms with van der Waals surface area (Å²) in [4.78, 5) is 13.7. The molecule has 2 N–H and O–H groups in total. The van der Waals surface area contributed by atoms with E-state index in [1.807, 2.05) is 24.3 Å². The van der Waals surface area contributed by atoms with Crippen molar-refractivity contribution in [1.82, 2.24) is 15.5 Å². The standard InChI is InChI=1S/C16H27N3O/c1-12(2)15(11-19(4)5)18-10-13-6-8-14(9-7-13)16(20)17-3/h6-9,12,15,18H,10-11H2,1-5H3,(H,17,20). The first-order valence-electron chi connectivity index (χ1n) is 7.13. The molecule has 20 heavy (non-hydrogen) atoms. The van der Waals surface area contributed by atoms with Gasteiger partial charge >= 0.3 is 0 Å². The quantitative estimate of drug-likeness (QED) is 0.797. The van der Waals surface area contributed by atoms with Gasteiger partial charge in [0.1, 0.15) is 0 Å². The smallest absolute Gasteiger partial charge is 0.251 e. The van der Waals surface area contributed by atoms with Crippen molar-refractivity contribution in [3.8, 4) is 0 Å². The third-order valence-corrected chi connectivity index (χ3v) is 3.38. The van der Waals surface area contributed by atoms with Crippen LogP contribution in [0, 0.1) is 5.92 Å². The van der Waals surface area contributed by atoms with Gasteiger partial charge in [-0.05, 0) is 37.7 Å². The molecule has 112 valence electrons. The Morgan fingerprint density at radius 1 is 1.20 bits per heavy atom. The number of carbonyl (C=O) groups excluding carboxylic acids is 1. The highest BCUT2D eigenvalue weighted by Crippen LogP contribution is 2.07. The minimum absolute atomic E-state index is 0.0443. The van der Waals surface area contributed by atoms with Gasteiger partial charge in [0, 0.05) is 31.7 Å². The van der Waals surface area contributed by atoms with Crippen LogP contribution >= 0.6 is 0 Å². The summed E-state index contributed by atoms with van der Waals surface area (Å²) in [6.07, 6.45) is 0. The van der Waals surface area contributed by atoms with E-state index in [2.05, 4.69) is 43.5 Å². The van der Waals surface area contributed by atoms with Gasteiger partial charge in [-0.25, -0.2) is 0 Å². The molecule has 1 amide bonds. The van der Waals surface area contributed by atoms with E-state index >= 15 is 0 Å². The molecule has 4 heteroatoms. The van der Waals surface area contributed by atoms with Gasteiger partial charge in [-0.15, -0.1) is 0 Å². The zero-order chi connectivity index (χ0) is 15.1. The molecule has 0 aromatic heterocycles. The first kappa shape index (κ1) is 16.7. The average Bonchev–Trinajstić information content (AvgIpc) is 2.42. The number of nitrogens with zero attached hydrogens (tertiary/aromatic N) is 1. The van der Waals surface area contributed by atoms with Crippen LogP contribution in [0.25, 0.3) is 0 Å². The molecule has 0 aliphatic carbocycles. The zero-order valence-corrected chi connectivity index (χ0v) is 13.2. The molecule has 0 aliphatic rings. The molecule has 0 aliphatic heterocycles. The van der Waals surface area contributed by atoms with E-state index in [4.69, 9.17) is 0 Å². The fraction of sp³-hybridized carbons (Fsp3) is 0.562. The molecule has 1 atom stereocenters. The Hall–Kier alpha value is -1.39. The molecule has 0 saturated heterocycles. The lowest BCUT2D eigenvalue weighted by atomic mass is 10.0. The third-order valence-electron chi connectivity index (χ3n) is 3.38. The van der Waals surface area contributed by atoms with Crippen molar-refractivity contribution < 1.29 is 4.79 Å². The molecule has 1 aromatic carbocycles.